The summed E-state index contributed by atoms with van der Waals surface area (Å²) >= 11 is -0.826. The van der Waals surface area contributed by atoms with E-state index in [4.69, 9.17) is 17.0 Å². The summed E-state index contributed by atoms with van der Waals surface area (Å²) < 4.78 is 0. The van der Waals surface area contributed by atoms with Gasteiger partial charge in [-0.25, -0.2) is 0 Å². The third-order valence-corrected chi connectivity index (χ3v) is 9.58. The molecule has 0 aliphatic rings. The van der Waals surface area contributed by atoms with Gasteiger partial charge in [-0.05, 0) is 45.0 Å². The molecule has 2 radical (unpaired) electrons. The molecule has 0 saturated heterocycles. The molecular formula is C48H48Cl2SiZr. The molecule has 0 nitrogen and oxygen atoms in total. The summed E-state index contributed by atoms with van der Waals surface area (Å²) in [5.41, 5.74) is 9.62. The van der Waals surface area contributed by atoms with Gasteiger partial charge in [-0.3, -0.25) is 0 Å². The number of benzene rings is 6. The van der Waals surface area contributed by atoms with Gasteiger partial charge in [-0.1, -0.05) is 162 Å². The van der Waals surface area contributed by atoms with Gasteiger partial charge in [0.05, 0.1) is 0 Å². The van der Waals surface area contributed by atoms with Crippen molar-refractivity contribution >= 4 is 69.6 Å². The van der Waals surface area contributed by atoms with Crippen LogP contribution in [0.15, 0.2) is 140 Å². The standard InChI is InChI=1S/C24H23.C22H19.C2H6Si.2ClH.Zr/c1-3-4-8-18-15-23-17(2)13-14-22(24(23)16-18)21-12-7-10-19-9-5-6-11-20(19)21;1-15(2)18-13-17-9-6-12-21(22(17)14-18)20-11-5-8-16-7-3-4-10-19(16)20;1-3-2;;;/h5-7,9-16H,3-4,8H2,1-2H3;3-15H,1-2H3;1-2H3;2*1H;/q2*-1;;;;+4/p-2. The Morgan fingerprint density at radius 2 is 1.12 bits per heavy atom. The van der Waals surface area contributed by atoms with E-state index in [0.29, 0.717) is 5.92 Å². The van der Waals surface area contributed by atoms with Crippen molar-refractivity contribution in [1.82, 2.24) is 0 Å². The maximum absolute atomic E-state index is 4.93. The van der Waals surface area contributed by atoms with Crippen molar-refractivity contribution in [3.05, 3.63) is 156 Å². The monoisotopic (exact) mass is 812 g/mol. The molecule has 52 heavy (non-hydrogen) atoms. The number of hydrogen-bond donors (Lipinski definition) is 0. The van der Waals surface area contributed by atoms with Crippen LogP contribution in [0.4, 0.5) is 0 Å². The van der Waals surface area contributed by atoms with E-state index >= 15 is 0 Å². The van der Waals surface area contributed by atoms with Crippen LogP contribution in [0.25, 0.3) is 65.3 Å². The van der Waals surface area contributed by atoms with Gasteiger partial charge in [0.2, 0.25) is 0 Å². The minimum absolute atomic E-state index is 0.563. The summed E-state index contributed by atoms with van der Waals surface area (Å²) in [4.78, 5) is 0. The van der Waals surface area contributed by atoms with Crippen LogP contribution in [-0.2, 0) is 27.3 Å². The summed E-state index contributed by atoms with van der Waals surface area (Å²) in [6.45, 7) is 13.3. The van der Waals surface area contributed by atoms with Gasteiger partial charge in [0, 0.05) is 9.52 Å². The Kier molecular flexibility index (Phi) is 15.1. The zero-order valence-electron chi connectivity index (χ0n) is 31.2. The maximum atomic E-state index is 4.93. The van der Waals surface area contributed by atoms with E-state index in [1.165, 1.54) is 101 Å². The number of hydrogen-bond acceptors (Lipinski definition) is 0. The summed E-state index contributed by atoms with van der Waals surface area (Å²) in [5.74, 6) is 0.563. The van der Waals surface area contributed by atoms with Crippen molar-refractivity contribution in [2.45, 2.75) is 66.0 Å². The molecule has 8 rings (SSSR count). The second kappa shape index (κ2) is 19.7. The van der Waals surface area contributed by atoms with Gasteiger partial charge in [0.1, 0.15) is 0 Å². The number of rotatable bonds is 6. The van der Waals surface area contributed by atoms with E-state index in [1.807, 2.05) is 0 Å². The molecule has 4 heteroatoms. The van der Waals surface area contributed by atoms with Crippen LogP contribution < -0.4 is 0 Å². The van der Waals surface area contributed by atoms with Gasteiger partial charge in [0.25, 0.3) is 0 Å². The zero-order valence-corrected chi connectivity index (χ0v) is 36.2. The van der Waals surface area contributed by atoms with Gasteiger partial charge >= 0.3 is 37.9 Å². The minimum atomic E-state index is -0.826. The average Bonchev–Trinajstić information content (AvgIpc) is 3.81. The molecule has 0 heterocycles. The van der Waals surface area contributed by atoms with Crippen molar-refractivity contribution in [1.29, 1.82) is 0 Å². The molecule has 0 bridgehead atoms. The summed E-state index contributed by atoms with van der Waals surface area (Å²) in [5, 5.41) is 10.8. The van der Waals surface area contributed by atoms with E-state index in [1.54, 1.807) is 0 Å². The second-order valence-electron chi connectivity index (χ2n) is 13.6. The van der Waals surface area contributed by atoms with Crippen molar-refractivity contribution in [3.8, 4) is 22.3 Å². The Hall–Kier alpha value is -3.26. The first-order chi connectivity index (χ1) is 25.3. The van der Waals surface area contributed by atoms with Crippen molar-refractivity contribution in [2.75, 3.05) is 0 Å². The molecule has 0 amide bonds. The fourth-order valence-electron chi connectivity index (χ4n) is 7.01. The van der Waals surface area contributed by atoms with E-state index in [2.05, 4.69) is 180 Å². The zero-order chi connectivity index (χ0) is 37.0. The molecule has 262 valence electrons. The molecule has 0 spiro atoms. The van der Waals surface area contributed by atoms with Crippen LogP contribution in [0.1, 0.15) is 56.2 Å². The molecule has 0 aliphatic carbocycles. The van der Waals surface area contributed by atoms with E-state index in [9.17, 15) is 0 Å². The molecule has 0 atom stereocenters. The Labute approximate surface area is 332 Å². The number of aryl methyl sites for hydroxylation is 2. The molecule has 0 unspecified atom stereocenters. The fraction of sp³-hybridized carbons (Fsp3) is 0.208. The van der Waals surface area contributed by atoms with Gasteiger partial charge in [-0.2, -0.15) is 12.1 Å². The molecule has 8 aromatic carbocycles. The fourth-order valence-corrected chi connectivity index (χ4v) is 7.01. The van der Waals surface area contributed by atoms with Crippen LogP contribution in [-0.4, -0.2) is 9.52 Å². The van der Waals surface area contributed by atoms with Crippen molar-refractivity contribution in [3.63, 3.8) is 0 Å². The molecular weight excluding hydrogens is 767 g/mol. The van der Waals surface area contributed by atoms with Crippen LogP contribution >= 0.6 is 17.0 Å². The summed E-state index contributed by atoms with van der Waals surface area (Å²) in [6.07, 6.45) is 3.69. The topological polar surface area (TPSA) is 0 Å². The number of unbranched alkanes of at least 4 members (excludes halogenated alkanes) is 1. The average molecular weight is 815 g/mol. The summed E-state index contributed by atoms with van der Waals surface area (Å²) in [6, 6.07) is 51.2. The third-order valence-electron chi connectivity index (χ3n) is 9.58. The van der Waals surface area contributed by atoms with Crippen LogP contribution in [0.3, 0.4) is 0 Å². The first-order valence-electron chi connectivity index (χ1n) is 18.2. The predicted molar refractivity (Wildman–Crippen MR) is 232 cm³/mol. The second-order valence-corrected chi connectivity index (χ2v) is 18.3. The number of fused-ring (bicyclic) bond motifs is 4. The molecule has 8 aromatic rings. The normalized spacial score (nSPS) is 10.7. The Bertz CT molecular complexity index is 2330. The molecule has 0 aromatic heterocycles. The Balaban J connectivity index is 0.000000175. The van der Waals surface area contributed by atoms with Crippen LogP contribution in [0, 0.1) is 6.92 Å². The van der Waals surface area contributed by atoms with Crippen molar-refractivity contribution < 1.29 is 20.8 Å². The quantitative estimate of drug-likeness (QED) is 0.116. The first-order valence-corrected chi connectivity index (χ1v) is 26.6. The van der Waals surface area contributed by atoms with E-state index < -0.39 is 20.8 Å². The molecule has 0 fully saturated rings. The summed E-state index contributed by atoms with van der Waals surface area (Å²) in [7, 11) is 11.0. The van der Waals surface area contributed by atoms with Crippen molar-refractivity contribution in [2.24, 2.45) is 0 Å². The molecule has 0 saturated carbocycles. The Morgan fingerprint density at radius 3 is 1.67 bits per heavy atom. The number of halogens is 2. The molecule has 0 N–H and O–H groups in total. The Morgan fingerprint density at radius 1 is 0.615 bits per heavy atom. The molecule has 0 aliphatic heterocycles. The van der Waals surface area contributed by atoms with Gasteiger partial charge < -0.3 is 0 Å². The van der Waals surface area contributed by atoms with E-state index in [0.717, 1.165) is 9.52 Å². The van der Waals surface area contributed by atoms with Crippen LogP contribution in [0.2, 0.25) is 13.1 Å². The SMILES string of the molecule is CC(C)c1cc2c(-c3cccc4ccccc34)cccc2[cH-]1.CCCCc1cc2c(-c3cccc4ccccc34)ccc(C)c2[cH-]1.C[Si]C.[Cl][Zr+2][Cl]. The third kappa shape index (κ3) is 9.45. The van der Waals surface area contributed by atoms with Crippen LogP contribution in [0.5, 0.6) is 0 Å². The van der Waals surface area contributed by atoms with Gasteiger partial charge in [0.15, 0.2) is 0 Å². The van der Waals surface area contributed by atoms with E-state index in [-0.39, 0.29) is 0 Å². The van der Waals surface area contributed by atoms with Gasteiger partial charge in [-0.15, -0.1) is 68.6 Å². The predicted octanol–water partition coefficient (Wildman–Crippen LogP) is 15.7. The first kappa shape index (κ1) is 39.9.